The lowest BCUT2D eigenvalue weighted by atomic mass is 9.93. The van der Waals surface area contributed by atoms with Gasteiger partial charge in [-0.1, -0.05) is 0 Å². The first kappa shape index (κ1) is 18.7. The smallest absolute Gasteiger partial charge is 0.330 e. The number of aliphatic carboxylic acids is 1. The quantitative estimate of drug-likeness (QED) is 0.831. The maximum atomic E-state index is 13.0. The summed E-state index contributed by atoms with van der Waals surface area (Å²) in [6.45, 7) is 0.769. The van der Waals surface area contributed by atoms with Crippen molar-refractivity contribution in [2.24, 2.45) is 5.92 Å². The number of carbonyl (C=O) groups excluding carboxylic acids is 2. The van der Waals surface area contributed by atoms with E-state index in [0.717, 1.165) is 0 Å². The van der Waals surface area contributed by atoms with Crippen molar-refractivity contribution in [3.05, 3.63) is 35.6 Å². The minimum atomic E-state index is -1.20. The van der Waals surface area contributed by atoms with Crippen molar-refractivity contribution in [3.63, 3.8) is 0 Å². The van der Waals surface area contributed by atoms with E-state index in [1.807, 2.05) is 0 Å². The lowest BCUT2D eigenvalue weighted by Gasteiger charge is -2.34. The van der Waals surface area contributed by atoms with Crippen LogP contribution in [0.4, 0.5) is 4.39 Å². The highest BCUT2D eigenvalue weighted by molar-refractivity contribution is 7.99. The Morgan fingerprint density at radius 2 is 2.00 bits per heavy atom. The first-order valence-corrected chi connectivity index (χ1v) is 9.75. The van der Waals surface area contributed by atoms with Gasteiger partial charge in [-0.05, 0) is 49.3 Å². The largest absolute Gasteiger partial charge is 0.479 e. The van der Waals surface area contributed by atoms with Crippen molar-refractivity contribution >= 4 is 29.5 Å². The second kappa shape index (κ2) is 7.65. The summed E-state index contributed by atoms with van der Waals surface area (Å²) in [6, 6.07) is 5.32. The van der Waals surface area contributed by atoms with Gasteiger partial charge in [-0.25, -0.2) is 9.18 Å². The van der Waals surface area contributed by atoms with Gasteiger partial charge in [0.2, 0.25) is 5.91 Å². The van der Waals surface area contributed by atoms with Crippen molar-refractivity contribution in [1.82, 2.24) is 10.2 Å². The predicted molar refractivity (Wildman–Crippen MR) is 95.5 cm³/mol. The van der Waals surface area contributed by atoms with Gasteiger partial charge in [0.15, 0.2) is 0 Å². The number of carboxylic acid groups (broad SMARTS) is 1. The van der Waals surface area contributed by atoms with E-state index >= 15 is 0 Å². The normalized spacial score (nSPS) is 25.7. The van der Waals surface area contributed by atoms with Crippen molar-refractivity contribution in [3.8, 4) is 0 Å². The molecule has 0 bridgehead atoms. The van der Waals surface area contributed by atoms with Gasteiger partial charge in [0.1, 0.15) is 11.4 Å². The highest BCUT2D eigenvalue weighted by Gasteiger charge is 2.44. The number of nitrogens with one attached hydrogen (secondary N) is 1. The average molecular weight is 380 g/mol. The molecule has 2 saturated heterocycles. The Hall–Kier alpha value is -2.09. The lowest BCUT2D eigenvalue weighted by molar-refractivity contribution is -0.147. The zero-order chi connectivity index (χ0) is 18.7. The third kappa shape index (κ3) is 3.85. The Kier molecular flexibility index (Phi) is 5.50. The van der Waals surface area contributed by atoms with Gasteiger partial charge < -0.3 is 15.3 Å². The highest BCUT2D eigenvalue weighted by atomic mass is 32.2. The van der Waals surface area contributed by atoms with Crippen LogP contribution in [0.3, 0.4) is 0 Å². The van der Waals surface area contributed by atoms with Gasteiger partial charge in [-0.2, -0.15) is 11.8 Å². The molecule has 0 aromatic heterocycles. The SMILES string of the molecule is O=C(NC1(C(=O)O)CCSC1)C1CCCN(C(=O)c2ccc(F)cc2)C1. The fourth-order valence-electron chi connectivity index (χ4n) is 3.37. The van der Waals surface area contributed by atoms with E-state index in [4.69, 9.17) is 0 Å². The number of amides is 2. The minimum Gasteiger partial charge on any atom is -0.479 e. The molecule has 0 aliphatic carbocycles. The summed E-state index contributed by atoms with van der Waals surface area (Å²) in [5.41, 5.74) is -0.827. The van der Waals surface area contributed by atoms with Crippen molar-refractivity contribution < 1.29 is 23.9 Å². The van der Waals surface area contributed by atoms with Crippen LogP contribution in [0.5, 0.6) is 0 Å². The Morgan fingerprint density at radius 3 is 2.62 bits per heavy atom. The second-order valence-electron chi connectivity index (χ2n) is 6.78. The van der Waals surface area contributed by atoms with E-state index in [1.54, 1.807) is 4.90 Å². The third-order valence-electron chi connectivity index (χ3n) is 4.96. The summed E-state index contributed by atoms with van der Waals surface area (Å²) < 4.78 is 13.0. The van der Waals surface area contributed by atoms with Crippen LogP contribution in [0.15, 0.2) is 24.3 Å². The summed E-state index contributed by atoms with van der Waals surface area (Å²) >= 11 is 1.51. The number of hydrogen-bond acceptors (Lipinski definition) is 4. The maximum absolute atomic E-state index is 13.0. The summed E-state index contributed by atoms with van der Waals surface area (Å²) in [6.07, 6.45) is 1.69. The van der Waals surface area contributed by atoms with Crippen LogP contribution < -0.4 is 5.32 Å². The number of likely N-dealkylation sites (tertiary alicyclic amines) is 1. The van der Waals surface area contributed by atoms with Crippen molar-refractivity contribution in [1.29, 1.82) is 0 Å². The first-order chi connectivity index (χ1) is 12.4. The molecular formula is C18H21FN2O4S. The molecule has 2 amide bonds. The summed E-state index contributed by atoms with van der Waals surface area (Å²) in [5, 5.41) is 12.2. The molecule has 140 valence electrons. The van der Waals surface area contributed by atoms with Gasteiger partial charge in [0, 0.05) is 24.4 Å². The third-order valence-corrected chi connectivity index (χ3v) is 6.15. The number of thioether (sulfide) groups is 1. The molecule has 6 nitrogen and oxygen atoms in total. The van der Waals surface area contributed by atoms with Gasteiger partial charge >= 0.3 is 5.97 Å². The van der Waals surface area contributed by atoms with Crippen molar-refractivity contribution in [2.45, 2.75) is 24.8 Å². The molecule has 2 aliphatic rings. The summed E-state index contributed by atoms with van der Waals surface area (Å²) in [4.78, 5) is 38.4. The molecule has 2 N–H and O–H groups in total. The Bertz CT molecular complexity index is 704. The summed E-state index contributed by atoms with van der Waals surface area (Å²) in [7, 11) is 0. The van der Waals surface area contributed by atoms with Gasteiger partial charge in [-0.3, -0.25) is 9.59 Å². The zero-order valence-electron chi connectivity index (χ0n) is 14.2. The Morgan fingerprint density at radius 1 is 1.27 bits per heavy atom. The van der Waals surface area contributed by atoms with Crippen LogP contribution in [0.1, 0.15) is 29.6 Å². The molecule has 0 radical (unpaired) electrons. The minimum absolute atomic E-state index is 0.241. The average Bonchev–Trinajstić information content (AvgIpc) is 3.12. The van der Waals surface area contributed by atoms with Crippen LogP contribution in [0.25, 0.3) is 0 Å². The van der Waals surface area contributed by atoms with E-state index in [0.29, 0.717) is 42.9 Å². The fourth-order valence-corrected chi connectivity index (χ4v) is 4.70. The number of nitrogens with zero attached hydrogens (tertiary/aromatic N) is 1. The van der Waals surface area contributed by atoms with Crippen molar-refractivity contribution in [2.75, 3.05) is 24.6 Å². The molecule has 2 atom stereocenters. The van der Waals surface area contributed by atoms with Crippen LogP contribution in [0.2, 0.25) is 0 Å². The van der Waals surface area contributed by atoms with Crippen LogP contribution in [-0.2, 0) is 9.59 Å². The van der Waals surface area contributed by atoms with E-state index in [-0.39, 0.29) is 18.4 Å². The van der Waals surface area contributed by atoms with Gasteiger partial charge in [0.25, 0.3) is 5.91 Å². The summed E-state index contributed by atoms with van der Waals surface area (Å²) in [5.74, 6) is -1.35. The number of benzene rings is 1. The predicted octanol–water partition coefficient (Wildman–Crippen LogP) is 1.75. The van der Waals surface area contributed by atoms with E-state index in [1.165, 1.54) is 36.0 Å². The van der Waals surface area contributed by atoms with Gasteiger partial charge in [-0.15, -0.1) is 0 Å². The molecule has 0 saturated carbocycles. The molecule has 8 heteroatoms. The molecular weight excluding hydrogens is 359 g/mol. The highest BCUT2D eigenvalue weighted by Crippen LogP contribution is 2.29. The zero-order valence-corrected chi connectivity index (χ0v) is 15.1. The lowest BCUT2D eigenvalue weighted by Crippen LogP contribution is -2.57. The molecule has 2 heterocycles. The number of hydrogen-bond donors (Lipinski definition) is 2. The molecule has 3 rings (SSSR count). The molecule has 2 fully saturated rings. The molecule has 0 spiro atoms. The first-order valence-electron chi connectivity index (χ1n) is 8.59. The van der Waals surface area contributed by atoms with E-state index in [9.17, 15) is 23.9 Å². The standard InChI is InChI=1S/C18H21FN2O4S/c19-14-5-3-12(4-6-14)16(23)21-8-1-2-13(10-21)15(22)20-18(17(24)25)7-9-26-11-18/h3-6,13H,1-2,7-11H2,(H,20,22)(H,24,25). The van der Waals surface area contributed by atoms with Crippen LogP contribution >= 0.6 is 11.8 Å². The van der Waals surface area contributed by atoms with Crippen LogP contribution in [-0.4, -0.2) is 57.9 Å². The molecule has 2 aliphatic heterocycles. The van der Waals surface area contributed by atoms with E-state index in [2.05, 4.69) is 5.32 Å². The van der Waals surface area contributed by atoms with Crippen LogP contribution in [0, 0.1) is 11.7 Å². The molecule has 2 unspecified atom stereocenters. The number of carbonyl (C=O) groups is 3. The molecule has 1 aromatic carbocycles. The van der Waals surface area contributed by atoms with E-state index < -0.39 is 23.2 Å². The van der Waals surface area contributed by atoms with Gasteiger partial charge in [0.05, 0.1) is 5.92 Å². The monoisotopic (exact) mass is 380 g/mol. The topological polar surface area (TPSA) is 86.7 Å². The number of carboxylic acids is 1. The Labute approximate surface area is 155 Å². The molecule has 1 aromatic rings. The number of rotatable bonds is 4. The number of piperidine rings is 1. The fraction of sp³-hybridized carbons (Fsp3) is 0.500. The molecule has 26 heavy (non-hydrogen) atoms. The maximum Gasteiger partial charge on any atom is 0.330 e. The second-order valence-corrected chi connectivity index (χ2v) is 7.88. The number of halogens is 1. The Balaban J connectivity index is 1.66.